The van der Waals surface area contributed by atoms with Crippen molar-refractivity contribution in [3.05, 3.63) is 34.4 Å². The molecular formula is C25H34O4. The minimum absolute atomic E-state index is 0.0100. The van der Waals surface area contributed by atoms with E-state index in [1.165, 1.54) is 13.8 Å². The van der Waals surface area contributed by atoms with E-state index in [0.717, 1.165) is 42.4 Å². The monoisotopic (exact) mass is 398 g/mol. The van der Waals surface area contributed by atoms with Gasteiger partial charge in [-0.1, -0.05) is 38.8 Å². The summed E-state index contributed by atoms with van der Waals surface area (Å²) < 4.78 is 0. The molecular weight excluding hydrogens is 364 g/mol. The molecule has 0 N–H and O–H groups in total. The Morgan fingerprint density at radius 1 is 1.03 bits per heavy atom. The van der Waals surface area contributed by atoms with Crippen LogP contribution in [0.15, 0.2) is 12.1 Å². The van der Waals surface area contributed by atoms with Gasteiger partial charge in [0.1, 0.15) is 11.6 Å². The second kappa shape index (κ2) is 10.1. The van der Waals surface area contributed by atoms with Crippen molar-refractivity contribution in [2.24, 2.45) is 17.8 Å². The molecule has 0 saturated heterocycles. The Morgan fingerprint density at radius 3 is 2.24 bits per heavy atom. The molecule has 0 saturated carbocycles. The second-order valence-electron chi connectivity index (χ2n) is 8.72. The average molecular weight is 399 g/mol. The van der Waals surface area contributed by atoms with E-state index in [1.807, 2.05) is 19.1 Å². The van der Waals surface area contributed by atoms with Gasteiger partial charge in [0.2, 0.25) is 0 Å². The molecule has 2 rings (SSSR count). The molecule has 0 amide bonds. The lowest BCUT2D eigenvalue weighted by Crippen LogP contribution is -2.27. The summed E-state index contributed by atoms with van der Waals surface area (Å²) in [5.74, 6) is 0.843. The largest absolute Gasteiger partial charge is 0.300 e. The number of fused-ring (bicyclic) bond motifs is 1. The summed E-state index contributed by atoms with van der Waals surface area (Å²) in [5, 5.41) is 0. The third kappa shape index (κ3) is 5.71. The maximum atomic E-state index is 12.9. The molecule has 158 valence electrons. The standard InChI is InChI=1S/C25H34O4/c1-6-19(7-2)21(14-22(28)10-15(3)26)12-18-11-20-8-9-23(17(5)27)16(4)25(20)24(29)13-18/h8-9,18-19,21H,6-7,10-14H2,1-5H3. The summed E-state index contributed by atoms with van der Waals surface area (Å²) in [5.41, 5.74) is 3.17. The number of rotatable bonds is 10. The highest BCUT2D eigenvalue weighted by Crippen LogP contribution is 2.37. The van der Waals surface area contributed by atoms with Gasteiger partial charge in [0.25, 0.3) is 0 Å². The highest BCUT2D eigenvalue weighted by atomic mass is 16.1. The van der Waals surface area contributed by atoms with Crippen LogP contribution in [0.5, 0.6) is 0 Å². The fraction of sp³-hybridized carbons (Fsp3) is 0.600. The first-order valence-electron chi connectivity index (χ1n) is 10.9. The van der Waals surface area contributed by atoms with E-state index < -0.39 is 0 Å². The van der Waals surface area contributed by atoms with Crippen LogP contribution in [0.1, 0.15) is 98.1 Å². The van der Waals surface area contributed by atoms with Gasteiger partial charge in [-0.05, 0) is 62.5 Å². The molecule has 1 aliphatic carbocycles. The van der Waals surface area contributed by atoms with Crippen LogP contribution in [0.2, 0.25) is 0 Å². The summed E-state index contributed by atoms with van der Waals surface area (Å²) in [7, 11) is 0. The van der Waals surface area contributed by atoms with E-state index in [-0.39, 0.29) is 41.4 Å². The lowest BCUT2D eigenvalue weighted by atomic mass is 9.72. The van der Waals surface area contributed by atoms with Crippen LogP contribution in [0, 0.1) is 24.7 Å². The summed E-state index contributed by atoms with van der Waals surface area (Å²) in [6, 6.07) is 3.76. The van der Waals surface area contributed by atoms with Crippen molar-refractivity contribution in [3.8, 4) is 0 Å². The summed E-state index contributed by atoms with van der Waals surface area (Å²) in [6.45, 7) is 9.14. The molecule has 0 aromatic heterocycles. The molecule has 2 unspecified atom stereocenters. The van der Waals surface area contributed by atoms with Gasteiger partial charge in [-0.2, -0.15) is 0 Å². The van der Waals surface area contributed by atoms with Crippen LogP contribution < -0.4 is 0 Å². The lowest BCUT2D eigenvalue weighted by Gasteiger charge is -2.32. The minimum atomic E-state index is -0.0863. The zero-order valence-electron chi connectivity index (χ0n) is 18.5. The van der Waals surface area contributed by atoms with E-state index in [2.05, 4.69) is 13.8 Å². The van der Waals surface area contributed by atoms with E-state index in [1.54, 1.807) is 0 Å². The van der Waals surface area contributed by atoms with Crippen molar-refractivity contribution >= 4 is 23.1 Å². The van der Waals surface area contributed by atoms with Crippen LogP contribution in [-0.4, -0.2) is 23.1 Å². The summed E-state index contributed by atoms with van der Waals surface area (Å²) >= 11 is 0. The number of ketones is 4. The first-order valence-corrected chi connectivity index (χ1v) is 10.9. The number of carbonyl (C=O) groups is 4. The predicted molar refractivity (Wildman–Crippen MR) is 114 cm³/mol. The molecule has 0 fully saturated rings. The second-order valence-corrected chi connectivity index (χ2v) is 8.72. The van der Waals surface area contributed by atoms with E-state index in [4.69, 9.17) is 0 Å². The molecule has 0 radical (unpaired) electrons. The highest BCUT2D eigenvalue weighted by molar-refractivity contribution is 6.04. The Labute approximate surface area is 174 Å². The lowest BCUT2D eigenvalue weighted by molar-refractivity contribution is -0.126. The molecule has 1 aromatic rings. The smallest absolute Gasteiger partial charge is 0.163 e. The van der Waals surface area contributed by atoms with Gasteiger partial charge in [0, 0.05) is 24.0 Å². The van der Waals surface area contributed by atoms with Crippen molar-refractivity contribution in [2.45, 2.75) is 79.6 Å². The minimum Gasteiger partial charge on any atom is -0.300 e. The highest BCUT2D eigenvalue weighted by Gasteiger charge is 2.32. The Hall–Kier alpha value is -2.10. The zero-order valence-corrected chi connectivity index (χ0v) is 18.5. The molecule has 29 heavy (non-hydrogen) atoms. The van der Waals surface area contributed by atoms with Gasteiger partial charge in [-0.25, -0.2) is 0 Å². The fourth-order valence-corrected chi connectivity index (χ4v) is 5.09. The third-order valence-corrected chi connectivity index (χ3v) is 6.48. The quantitative estimate of drug-likeness (QED) is 0.395. The molecule has 0 bridgehead atoms. The number of Topliss-reactive ketones (excluding diaryl/α,β-unsaturated/α-hetero) is 4. The van der Waals surface area contributed by atoms with Crippen molar-refractivity contribution in [1.82, 2.24) is 0 Å². The molecule has 2 atom stereocenters. The average Bonchev–Trinajstić information content (AvgIpc) is 2.61. The van der Waals surface area contributed by atoms with Crippen molar-refractivity contribution in [2.75, 3.05) is 0 Å². The van der Waals surface area contributed by atoms with Crippen molar-refractivity contribution < 1.29 is 19.2 Å². The van der Waals surface area contributed by atoms with Crippen LogP contribution in [0.3, 0.4) is 0 Å². The number of benzene rings is 1. The van der Waals surface area contributed by atoms with E-state index in [9.17, 15) is 19.2 Å². The Morgan fingerprint density at radius 2 is 1.69 bits per heavy atom. The van der Waals surface area contributed by atoms with Crippen LogP contribution in [0.25, 0.3) is 0 Å². The number of carbonyl (C=O) groups excluding carboxylic acids is 4. The van der Waals surface area contributed by atoms with Crippen molar-refractivity contribution in [1.29, 1.82) is 0 Å². The summed E-state index contributed by atoms with van der Waals surface area (Å²) in [4.78, 5) is 48.4. The van der Waals surface area contributed by atoms with Crippen LogP contribution in [-0.2, 0) is 16.0 Å². The van der Waals surface area contributed by atoms with E-state index in [0.29, 0.717) is 24.3 Å². The molecule has 0 heterocycles. The predicted octanol–water partition coefficient (Wildman–Crippen LogP) is 5.32. The molecule has 1 aromatic carbocycles. The van der Waals surface area contributed by atoms with Gasteiger partial charge >= 0.3 is 0 Å². The van der Waals surface area contributed by atoms with Crippen molar-refractivity contribution in [3.63, 3.8) is 0 Å². The molecule has 1 aliphatic rings. The normalized spacial score (nSPS) is 17.2. The van der Waals surface area contributed by atoms with Gasteiger partial charge < -0.3 is 0 Å². The topological polar surface area (TPSA) is 68.3 Å². The van der Waals surface area contributed by atoms with Gasteiger partial charge in [-0.3, -0.25) is 19.2 Å². The maximum Gasteiger partial charge on any atom is 0.163 e. The Balaban J connectivity index is 2.22. The molecule has 0 spiro atoms. The molecule has 4 nitrogen and oxygen atoms in total. The van der Waals surface area contributed by atoms with Gasteiger partial charge in [-0.15, -0.1) is 0 Å². The molecule has 0 aliphatic heterocycles. The number of hydrogen-bond acceptors (Lipinski definition) is 4. The van der Waals surface area contributed by atoms with Gasteiger partial charge in [0.05, 0.1) is 6.42 Å². The first kappa shape index (κ1) is 23.2. The molecule has 4 heteroatoms. The fourth-order valence-electron chi connectivity index (χ4n) is 5.09. The third-order valence-electron chi connectivity index (χ3n) is 6.48. The summed E-state index contributed by atoms with van der Waals surface area (Å²) in [6.07, 6.45) is 4.51. The zero-order chi connectivity index (χ0) is 21.7. The van der Waals surface area contributed by atoms with Gasteiger partial charge in [0.15, 0.2) is 11.6 Å². The first-order chi connectivity index (χ1) is 13.7. The van der Waals surface area contributed by atoms with Crippen LogP contribution in [0.4, 0.5) is 0 Å². The SMILES string of the molecule is CCC(CC)C(CC(=O)CC(C)=O)CC1CC(=O)c2c(ccc(C(C)=O)c2C)C1. The van der Waals surface area contributed by atoms with E-state index >= 15 is 0 Å². The Kier molecular flexibility index (Phi) is 8.06. The Bertz CT molecular complexity index is 801. The number of hydrogen-bond donors (Lipinski definition) is 0. The maximum absolute atomic E-state index is 12.9. The van der Waals surface area contributed by atoms with Crippen LogP contribution >= 0.6 is 0 Å².